The highest BCUT2D eigenvalue weighted by molar-refractivity contribution is 6.35. The molecule has 2 heterocycles. The number of hydrogen-bond donors (Lipinski definition) is 3. The number of nitrogens with two attached hydrogens (primary N) is 1. The first-order chi connectivity index (χ1) is 15.3. The second kappa shape index (κ2) is 9.90. The zero-order valence-corrected chi connectivity index (χ0v) is 17.6. The van der Waals surface area contributed by atoms with Gasteiger partial charge in [-0.3, -0.25) is 29.7 Å². The number of nitrogens with zero attached hydrogens (tertiary/aromatic N) is 3. The van der Waals surface area contributed by atoms with Crippen molar-refractivity contribution >= 4 is 23.6 Å². The first-order valence-electron chi connectivity index (χ1n) is 10.2. The highest BCUT2D eigenvalue weighted by Crippen LogP contribution is 2.28. The Morgan fingerprint density at radius 1 is 1.25 bits per heavy atom. The van der Waals surface area contributed by atoms with Crippen LogP contribution in [-0.2, 0) is 14.4 Å². The van der Waals surface area contributed by atoms with Crippen molar-refractivity contribution in [3.05, 3.63) is 59.9 Å². The number of piperazine rings is 1. The van der Waals surface area contributed by atoms with Gasteiger partial charge in [0, 0.05) is 18.3 Å². The minimum absolute atomic E-state index is 0.0203. The molecular weight excluding hydrogens is 414 g/mol. The molecule has 1 aromatic heterocycles. The Morgan fingerprint density at radius 2 is 1.97 bits per heavy atom. The van der Waals surface area contributed by atoms with Crippen LogP contribution in [0.3, 0.4) is 0 Å². The highest BCUT2D eigenvalue weighted by atomic mass is 16.5. The molecule has 1 aliphatic heterocycles. The number of amides is 2. The standard InChI is InChI=1S/C22H25N5O5/c1-2-11-26-18(32-15-8-6-14(7-9-15)20(23)24)13-27(22(31)21(26)30)17(12-19(28)29)16-5-3-4-10-25-16/h3-10,17-18H,2,11-13H2,1H3,(H3,23,24)(H,28,29). The van der Waals surface area contributed by atoms with Gasteiger partial charge in [0.15, 0.2) is 6.23 Å². The van der Waals surface area contributed by atoms with Gasteiger partial charge >= 0.3 is 17.8 Å². The number of carbonyl (C=O) groups is 3. The number of ether oxygens (including phenoxy) is 1. The number of aliphatic carboxylic acids is 1. The summed E-state index contributed by atoms with van der Waals surface area (Å²) in [4.78, 5) is 44.2. The molecule has 1 fully saturated rings. The molecule has 1 aromatic carbocycles. The number of nitrogen functional groups attached to an aromatic ring is 1. The van der Waals surface area contributed by atoms with Crippen LogP contribution in [0, 0.1) is 5.41 Å². The van der Waals surface area contributed by atoms with Gasteiger partial charge in [-0.05, 0) is 42.8 Å². The fraction of sp³-hybridized carbons (Fsp3) is 0.318. The Hall–Kier alpha value is -3.95. The lowest BCUT2D eigenvalue weighted by Gasteiger charge is -2.42. The maximum Gasteiger partial charge on any atom is 0.315 e. The van der Waals surface area contributed by atoms with Crippen molar-refractivity contribution in [2.24, 2.45) is 5.73 Å². The van der Waals surface area contributed by atoms with Crippen LogP contribution < -0.4 is 10.5 Å². The van der Waals surface area contributed by atoms with E-state index in [9.17, 15) is 19.5 Å². The lowest BCUT2D eigenvalue weighted by molar-refractivity contribution is -0.169. The summed E-state index contributed by atoms with van der Waals surface area (Å²) in [5, 5.41) is 16.9. The largest absolute Gasteiger partial charge is 0.481 e. The summed E-state index contributed by atoms with van der Waals surface area (Å²) in [5.74, 6) is -2.32. The number of amidine groups is 1. The molecule has 2 atom stereocenters. The lowest BCUT2D eigenvalue weighted by atomic mass is 10.0. The van der Waals surface area contributed by atoms with Gasteiger partial charge in [0.25, 0.3) is 0 Å². The maximum atomic E-state index is 12.9. The molecule has 10 nitrogen and oxygen atoms in total. The van der Waals surface area contributed by atoms with Crippen molar-refractivity contribution in [2.75, 3.05) is 13.1 Å². The van der Waals surface area contributed by atoms with E-state index in [-0.39, 0.29) is 12.4 Å². The van der Waals surface area contributed by atoms with Gasteiger partial charge in [-0.2, -0.15) is 0 Å². The summed E-state index contributed by atoms with van der Waals surface area (Å²) < 4.78 is 6.03. The zero-order chi connectivity index (χ0) is 23.3. The third-order valence-corrected chi connectivity index (χ3v) is 5.08. The van der Waals surface area contributed by atoms with Crippen LogP contribution in [0.2, 0.25) is 0 Å². The Morgan fingerprint density at radius 3 is 2.53 bits per heavy atom. The van der Waals surface area contributed by atoms with Crippen LogP contribution >= 0.6 is 0 Å². The molecule has 4 N–H and O–H groups in total. The Kier molecular flexibility index (Phi) is 7.04. The van der Waals surface area contributed by atoms with E-state index in [1.165, 1.54) is 16.0 Å². The first kappa shape index (κ1) is 22.7. The SMILES string of the molecule is CCCN1C(=O)C(=O)N(C(CC(=O)O)c2ccccn2)CC1Oc1ccc(C(=N)N)cc1. The fourth-order valence-corrected chi connectivity index (χ4v) is 3.57. The van der Waals surface area contributed by atoms with E-state index in [1.807, 2.05) is 6.92 Å². The Balaban J connectivity index is 1.92. The smallest absolute Gasteiger partial charge is 0.315 e. The van der Waals surface area contributed by atoms with Crippen LogP contribution in [0.4, 0.5) is 0 Å². The van der Waals surface area contributed by atoms with Gasteiger partial charge in [0.1, 0.15) is 11.6 Å². The molecule has 0 bridgehead atoms. The van der Waals surface area contributed by atoms with E-state index in [0.717, 1.165) is 0 Å². The van der Waals surface area contributed by atoms with Gasteiger partial charge in [0.2, 0.25) is 0 Å². The van der Waals surface area contributed by atoms with Crippen LogP contribution in [0.1, 0.15) is 37.1 Å². The molecule has 0 radical (unpaired) electrons. The molecule has 2 aromatic rings. The number of carboxylic acids is 1. The van der Waals surface area contributed by atoms with Crippen LogP contribution in [0.25, 0.3) is 0 Å². The number of benzene rings is 1. The lowest BCUT2D eigenvalue weighted by Crippen LogP contribution is -2.62. The normalized spacial score (nSPS) is 17.2. The topological polar surface area (TPSA) is 150 Å². The number of aromatic nitrogens is 1. The highest BCUT2D eigenvalue weighted by Gasteiger charge is 2.43. The van der Waals surface area contributed by atoms with Crippen molar-refractivity contribution in [3.8, 4) is 5.75 Å². The molecule has 1 aliphatic rings. The van der Waals surface area contributed by atoms with Crippen LogP contribution in [-0.4, -0.2) is 62.8 Å². The maximum absolute atomic E-state index is 12.9. The first-order valence-corrected chi connectivity index (χ1v) is 10.2. The minimum atomic E-state index is -1.12. The van der Waals surface area contributed by atoms with E-state index in [1.54, 1.807) is 42.5 Å². The number of hydrogen-bond acceptors (Lipinski definition) is 6. The van der Waals surface area contributed by atoms with Crippen molar-refractivity contribution in [2.45, 2.75) is 32.0 Å². The van der Waals surface area contributed by atoms with Gasteiger partial charge in [-0.25, -0.2) is 0 Å². The Bertz CT molecular complexity index is 996. The second-order valence-electron chi connectivity index (χ2n) is 7.33. The number of rotatable bonds is 9. The molecule has 1 saturated heterocycles. The van der Waals surface area contributed by atoms with E-state index in [0.29, 0.717) is 30.0 Å². The summed E-state index contributed by atoms with van der Waals surface area (Å²) in [7, 11) is 0. The van der Waals surface area contributed by atoms with E-state index < -0.39 is 36.5 Å². The second-order valence-corrected chi connectivity index (χ2v) is 7.33. The third-order valence-electron chi connectivity index (χ3n) is 5.08. The minimum Gasteiger partial charge on any atom is -0.481 e. The van der Waals surface area contributed by atoms with Gasteiger partial charge < -0.3 is 20.5 Å². The molecule has 0 spiro atoms. The number of carboxylic acid groups (broad SMARTS) is 1. The van der Waals surface area contributed by atoms with Crippen LogP contribution in [0.5, 0.6) is 5.75 Å². The summed E-state index contributed by atoms with van der Waals surface area (Å²) >= 11 is 0. The van der Waals surface area contributed by atoms with E-state index in [2.05, 4.69) is 4.98 Å². The Labute approximate surface area is 185 Å². The predicted octanol–water partition coefficient (Wildman–Crippen LogP) is 1.37. The van der Waals surface area contributed by atoms with Gasteiger partial charge in [-0.15, -0.1) is 0 Å². The van der Waals surface area contributed by atoms with E-state index in [4.69, 9.17) is 15.9 Å². The molecule has 0 saturated carbocycles. The summed E-state index contributed by atoms with van der Waals surface area (Å²) in [6.07, 6.45) is 0.905. The molecule has 168 valence electrons. The summed E-state index contributed by atoms with van der Waals surface area (Å²) in [5.41, 5.74) is 6.38. The number of pyridine rings is 1. The number of carbonyl (C=O) groups excluding carboxylic acids is 2. The van der Waals surface area contributed by atoms with Gasteiger partial charge in [0.05, 0.1) is 24.7 Å². The van der Waals surface area contributed by atoms with Crippen molar-refractivity contribution in [3.63, 3.8) is 0 Å². The fourth-order valence-electron chi connectivity index (χ4n) is 3.57. The van der Waals surface area contributed by atoms with Crippen LogP contribution in [0.15, 0.2) is 48.7 Å². The van der Waals surface area contributed by atoms with E-state index >= 15 is 0 Å². The molecular formula is C22H25N5O5. The van der Waals surface area contributed by atoms with Gasteiger partial charge in [-0.1, -0.05) is 13.0 Å². The molecule has 32 heavy (non-hydrogen) atoms. The zero-order valence-electron chi connectivity index (χ0n) is 17.6. The van der Waals surface area contributed by atoms with Crippen molar-refractivity contribution < 1.29 is 24.2 Å². The molecule has 2 unspecified atom stereocenters. The monoisotopic (exact) mass is 439 g/mol. The third kappa shape index (κ3) is 5.02. The summed E-state index contributed by atoms with van der Waals surface area (Å²) in [6.45, 7) is 2.17. The van der Waals surface area contributed by atoms with Crippen molar-refractivity contribution in [1.29, 1.82) is 5.41 Å². The quantitative estimate of drug-likeness (QED) is 0.303. The molecule has 2 amide bonds. The summed E-state index contributed by atoms with van der Waals surface area (Å²) in [6, 6.07) is 10.6. The average molecular weight is 439 g/mol. The number of nitrogens with one attached hydrogen (secondary N) is 1. The molecule has 0 aliphatic carbocycles. The molecule has 10 heteroatoms. The van der Waals surface area contributed by atoms with Crippen molar-refractivity contribution in [1.82, 2.24) is 14.8 Å². The predicted molar refractivity (Wildman–Crippen MR) is 115 cm³/mol. The molecule has 3 rings (SSSR count). The average Bonchev–Trinajstić information content (AvgIpc) is 2.78.